The Bertz CT molecular complexity index is 866. The Balaban J connectivity index is 2.23. The van der Waals surface area contributed by atoms with Gasteiger partial charge in [0, 0.05) is 7.05 Å². The number of nitrogens with zero attached hydrogens (tertiary/aromatic N) is 4. The first-order valence-electron chi connectivity index (χ1n) is 9.74. The van der Waals surface area contributed by atoms with Crippen molar-refractivity contribution >= 4 is 23.6 Å². The lowest BCUT2D eigenvalue weighted by atomic mass is 9.81. The Hall–Kier alpha value is -2.58. The van der Waals surface area contributed by atoms with Crippen molar-refractivity contribution in [2.75, 3.05) is 13.7 Å². The maximum atomic E-state index is 13.0. The van der Waals surface area contributed by atoms with E-state index in [1.807, 2.05) is 6.07 Å². The van der Waals surface area contributed by atoms with Gasteiger partial charge in [0.2, 0.25) is 5.91 Å². The molecule has 0 unspecified atom stereocenters. The number of aryl methyl sites for hydroxylation is 1. The Morgan fingerprint density at radius 1 is 1.34 bits per heavy atom. The van der Waals surface area contributed by atoms with Crippen LogP contribution in [0.4, 0.5) is 0 Å². The largest absolute Gasteiger partial charge is 0.462 e. The molecular weight excluding hydrogens is 388 g/mol. The molecule has 1 saturated carbocycles. The van der Waals surface area contributed by atoms with Crippen molar-refractivity contribution in [3.8, 4) is 12.1 Å². The zero-order valence-electron chi connectivity index (χ0n) is 17.3. The summed E-state index contributed by atoms with van der Waals surface area (Å²) in [6, 6.07) is 5.86. The molecule has 0 aromatic carbocycles. The minimum atomic E-state index is -0.765. The first-order chi connectivity index (χ1) is 13.8. The van der Waals surface area contributed by atoms with E-state index in [-0.39, 0.29) is 23.6 Å². The van der Waals surface area contributed by atoms with Crippen molar-refractivity contribution in [3.05, 3.63) is 22.9 Å². The third-order valence-corrected chi connectivity index (χ3v) is 6.38. The molecule has 1 aromatic rings. The standard InChI is InChI=1S/C21H26N4O3S/c1-5-28-20(27)17-11-16(12-22)18(24-14(17)2)29-15(3)19(26)25(4)21(13-23)9-7-6-8-10-21/h11,15H,5-10H2,1-4H3/t15-/m0/s1. The number of nitriles is 2. The Kier molecular flexibility index (Phi) is 7.64. The molecule has 1 aliphatic carbocycles. The van der Waals surface area contributed by atoms with Gasteiger partial charge in [-0.1, -0.05) is 31.0 Å². The van der Waals surface area contributed by atoms with E-state index in [0.717, 1.165) is 19.3 Å². The predicted molar refractivity (Wildman–Crippen MR) is 109 cm³/mol. The van der Waals surface area contributed by atoms with Crippen molar-refractivity contribution in [1.29, 1.82) is 10.5 Å². The van der Waals surface area contributed by atoms with E-state index >= 15 is 0 Å². The Labute approximate surface area is 176 Å². The average molecular weight is 415 g/mol. The van der Waals surface area contributed by atoms with Gasteiger partial charge < -0.3 is 9.64 Å². The van der Waals surface area contributed by atoms with Crippen LogP contribution in [-0.4, -0.2) is 46.2 Å². The fourth-order valence-electron chi connectivity index (χ4n) is 3.53. The zero-order chi connectivity index (χ0) is 21.6. The van der Waals surface area contributed by atoms with Gasteiger partial charge in [-0.3, -0.25) is 4.79 Å². The van der Waals surface area contributed by atoms with Crippen LogP contribution in [0, 0.1) is 29.6 Å². The molecule has 2 rings (SSSR count). The van der Waals surface area contributed by atoms with E-state index < -0.39 is 16.8 Å². The molecule has 7 nitrogen and oxygen atoms in total. The Morgan fingerprint density at radius 3 is 2.55 bits per heavy atom. The monoisotopic (exact) mass is 414 g/mol. The van der Waals surface area contributed by atoms with Gasteiger partial charge >= 0.3 is 5.97 Å². The highest BCUT2D eigenvalue weighted by Crippen LogP contribution is 2.35. The smallest absolute Gasteiger partial charge is 0.340 e. The number of esters is 1. The topological polar surface area (TPSA) is 107 Å². The summed E-state index contributed by atoms with van der Waals surface area (Å²) in [7, 11) is 1.68. The first kappa shape index (κ1) is 22.7. The van der Waals surface area contributed by atoms with Gasteiger partial charge in [-0.05, 0) is 39.7 Å². The lowest BCUT2D eigenvalue weighted by Gasteiger charge is -2.40. The third kappa shape index (κ3) is 4.89. The minimum Gasteiger partial charge on any atom is -0.462 e. The van der Waals surface area contributed by atoms with Crippen LogP contribution in [0.15, 0.2) is 11.1 Å². The number of carbonyl (C=O) groups excluding carboxylic acids is 2. The van der Waals surface area contributed by atoms with Crippen LogP contribution in [0.5, 0.6) is 0 Å². The number of hydrogen-bond acceptors (Lipinski definition) is 7. The highest BCUT2D eigenvalue weighted by Gasteiger charge is 2.40. The van der Waals surface area contributed by atoms with Crippen molar-refractivity contribution in [2.45, 2.75) is 68.7 Å². The SMILES string of the molecule is CCOC(=O)c1cc(C#N)c(S[C@@H](C)C(=O)N(C)C2(C#N)CCCCC2)nc1C. The lowest BCUT2D eigenvalue weighted by Crippen LogP contribution is -2.52. The van der Waals surface area contributed by atoms with Crippen LogP contribution in [0.25, 0.3) is 0 Å². The molecule has 0 saturated heterocycles. The lowest BCUT2D eigenvalue weighted by molar-refractivity contribution is -0.133. The fourth-order valence-corrected chi connectivity index (χ4v) is 4.54. The number of rotatable bonds is 6. The molecule has 1 atom stereocenters. The van der Waals surface area contributed by atoms with E-state index in [0.29, 0.717) is 23.6 Å². The molecule has 1 aromatic heterocycles. The number of thioether (sulfide) groups is 1. The van der Waals surface area contributed by atoms with Gasteiger partial charge in [-0.25, -0.2) is 9.78 Å². The molecule has 0 radical (unpaired) electrons. The van der Waals surface area contributed by atoms with Crippen molar-refractivity contribution in [3.63, 3.8) is 0 Å². The number of carbonyl (C=O) groups is 2. The maximum Gasteiger partial charge on any atom is 0.340 e. The third-order valence-electron chi connectivity index (χ3n) is 5.29. The number of hydrogen-bond donors (Lipinski definition) is 0. The number of ether oxygens (including phenoxy) is 1. The molecule has 1 aliphatic rings. The summed E-state index contributed by atoms with van der Waals surface area (Å²) in [6.45, 7) is 5.35. The molecule has 1 heterocycles. The number of amides is 1. The summed E-state index contributed by atoms with van der Waals surface area (Å²) in [5.74, 6) is -0.695. The van der Waals surface area contributed by atoms with E-state index in [1.165, 1.54) is 17.8 Å². The Morgan fingerprint density at radius 2 is 2.00 bits per heavy atom. The van der Waals surface area contributed by atoms with E-state index in [4.69, 9.17) is 4.74 Å². The molecule has 0 spiro atoms. The van der Waals surface area contributed by atoms with Gasteiger partial charge in [0.15, 0.2) is 0 Å². The molecule has 29 heavy (non-hydrogen) atoms. The van der Waals surface area contributed by atoms with Crippen LogP contribution >= 0.6 is 11.8 Å². The normalized spacial score (nSPS) is 16.2. The van der Waals surface area contributed by atoms with Gasteiger partial charge in [-0.15, -0.1) is 0 Å². The first-order valence-corrected chi connectivity index (χ1v) is 10.6. The molecule has 0 aliphatic heterocycles. The maximum absolute atomic E-state index is 13.0. The predicted octanol–water partition coefficient (Wildman–Crippen LogP) is 3.60. The molecule has 1 amide bonds. The van der Waals surface area contributed by atoms with Gasteiger partial charge in [0.05, 0.1) is 34.7 Å². The number of aromatic nitrogens is 1. The molecule has 154 valence electrons. The van der Waals surface area contributed by atoms with Crippen LogP contribution in [0.1, 0.15) is 67.6 Å². The van der Waals surface area contributed by atoms with Crippen LogP contribution < -0.4 is 0 Å². The minimum absolute atomic E-state index is 0.170. The van der Waals surface area contributed by atoms with Crippen molar-refractivity contribution in [2.24, 2.45) is 0 Å². The molecule has 1 fully saturated rings. The highest BCUT2D eigenvalue weighted by atomic mass is 32.2. The number of pyridine rings is 1. The second-order valence-corrected chi connectivity index (χ2v) is 8.50. The second kappa shape index (κ2) is 9.76. The highest BCUT2D eigenvalue weighted by molar-refractivity contribution is 8.00. The van der Waals surface area contributed by atoms with Crippen LogP contribution in [0.3, 0.4) is 0 Å². The zero-order valence-corrected chi connectivity index (χ0v) is 18.1. The summed E-state index contributed by atoms with van der Waals surface area (Å²) >= 11 is 1.17. The van der Waals surface area contributed by atoms with Gasteiger partial charge in [0.25, 0.3) is 0 Å². The summed E-state index contributed by atoms with van der Waals surface area (Å²) in [5.41, 5.74) is 0.145. The van der Waals surface area contributed by atoms with Crippen LogP contribution in [-0.2, 0) is 9.53 Å². The van der Waals surface area contributed by atoms with Crippen molar-refractivity contribution in [1.82, 2.24) is 9.88 Å². The fraction of sp³-hybridized carbons (Fsp3) is 0.571. The van der Waals surface area contributed by atoms with E-state index in [2.05, 4.69) is 11.1 Å². The molecule has 0 N–H and O–H groups in total. The summed E-state index contributed by atoms with van der Waals surface area (Å²) in [4.78, 5) is 31.0. The summed E-state index contributed by atoms with van der Waals surface area (Å²) < 4.78 is 5.00. The second-order valence-electron chi connectivity index (χ2n) is 7.17. The summed E-state index contributed by atoms with van der Waals surface area (Å²) in [6.07, 6.45) is 4.30. The van der Waals surface area contributed by atoms with Crippen molar-refractivity contribution < 1.29 is 14.3 Å². The van der Waals surface area contributed by atoms with Crippen LogP contribution in [0.2, 0.25) is 0 Å². The quantitative estimate of drug-likeness (QED) is 0.517. The molecular formula is C21H26N4O3S. The molecule has 0 bridgehead atoms. The van der Waals surface area contributed by atoms with E-state index in [1.54, 1.807) is 32.7 Å². The van der Waals surface area contributed by atoms with E-state index in [9.17, 15) is 20.1 Å². The van der Waals surface area contributed by atoms with Gasteiger partial charge in [-0.2, -0.15) is 10.5 Å². The molecule has 8 heteroatoms. The summed E-state index contributed by atoms with van der Waals surface area (Å²) in [5, 5.41) is 19.1. The van der Waals surface area contributed by atoms with Gasteiger partial charge in [0.1, 0.15) is 16.6 Å². The average Bonchev–Trinajstić information content (AvgIpc) is 2.73.